The molecule has 3 heteroatoms. The maximum absolute atomic E-state index is 11.6. The molecular formula is C48H28O3. The molecule has 51 heavy (non-hydrogen) atoms. The molecule has 0 saturated heterocycles. The molecule has 0 fully saturated rings. The normalized spacial score (nSPS) is 19.2. The Kier molecular flexibility index (Phi) is 2.59. The third kappa shape index (κ3) is 4.06. The minimum absolute atomic E-state index is 0.500. The van der Waals surface area contributed by atoms with Gasteiger partial charge in [0.2, 0.25) is 0 Å². The highest BCUT2D eigenvalue weighted by atomic mass is 16.3. The second-order valence-corrected chi connectivity index (χ2v) is 11.5. The lowest BCUT2D eigenvalue weighted by molar-refractivity contribution is 0.475. The van der Waals surface area contributed by atoms with E-state index in [4.69, 9.17) is 23.6 Å². The molecule has 0 aliphatic rings. The SMILES string of the molecule is [2H]c1c(-c2c3c([2H])c([2H])c([2H])c([2H])c3c(-c3c([2H])c4c([2H])c([2H])c5c([2H])c([2H])c([2H])c([2H])c5c4c4c([2H])c([2H])c([2H])c([2H])c34)c3c([2H])c([2H])c(O)c([2H])c23)c([2H])c2c(oc3c([2H])c4c([2H])c([2H])c(O)c([2H])c4c([2H])c32)c1[2H]. The molecule has 0 bridgehead atoms. The van der Waals surface area contributed by atoms with Crippen LogP contribution in [0.25, 0.3) is 109 Å². The number of benzene rings is 10. The van der Waals surface area contributed by atoms with Crippen LogP contribution < -0.4 is 0 Å². The lowest BCUT2D eigenvalue weighted by Gasteiger charge is -2.20. The summed E-state index contributed by atoms with van der Waals surface area (Å²) in [7, 11) is 0. The monoisotopic (exact) mass is 678 g/mol. The number of fused-ring (bicyclic) bond motifs is 11. The van der Waals surface area contributed by atoms with Crippen LogP contribution in [0.4, 0.5) is 0 Å². The molecular weight excluding hydrogens is 625 g/mol. The van der Waals surface area contributed by atoms with Crippen molar-refractivity contribution in [2.75, 3.05) is 0 Å². The van der Waals surface area contributed by atoms with Crippen molar-refractivity contribution >= 4 is 86.6 Å². The molecule has 0 unspecified atom stereocenters. The first-order valence-corrected chi connectivity index (χ1v) is 15.1. The van der Waals surface area contributed by atoms with E-state index < -0.39 is 277 Å². The Labute approximate surface area is 328 Å². The molecule has 1 aromatic heterocycles. The minimum atomic E-state index is -1.26. The molecule has 238 valence electrons. The number of rotatable bonds is 2. The zero-order valence-corrected chi connectivity index (χ0v) is 25.3. The van der Waals surface area contributed by atoms with Crippen LogP contribution in [0.2, 0.25) is 0 Å². The highest BCUT2D eigenvalue weighted by molar-refractivity contribution is 6.29. The fraction of sp³-hybridized carbons (Fsp3) is 0. The summed E-state index contributed by atoms with van der Waals surface area (Å²) in [6.07, 6.45) is 0. The van der Waals surface area contributed by atoms with Crippen LogP contribution in [-0.2, 0) is 0 Å². The van der Waals surface area contributed by atoms with E-state index >= 15 is 0 Å². The first kappa shape index (κ1) is 12.8. The molecule has 2 N–H and O–H groups in total. The molecule has 0 spiro atoms. The highest BCUT2D eigenvalue weighted by Gasteiger charge is 2.21. The van der Waals surface area contributed by atoms with Crippen molar-refractivity contribution in [3.05, 3.63) is 157 Å². The molecule has 0 atom stereocenters. The third-order valence-corrected chi connectivity index (χ3v) is 8.67. The van der Waals surface area contributed by atoms with Gasteiger partial charge in [0.15, 0.2) is 0 Å². The zero-order chi connectivity index (χ0) is 56.4. The summed E-state index contributed by atoms with van der Waals surface area (Å²) >= 11 is 0. The predicted molar refractivity (Wildman–Crippen MR) is 213 cm³/mol. The number of hydrogen-bond donors (Lipinski definition) is 2. The Bertz CT molecular complexity index is 4700. The number of phenols is 2. The van der Waals surface area contributed by atoms with Crippen molar-refractivity contribution in [1.29, 1.82) is 0 Å². The average Bonchev–Trinajstić information content (AvgIpc) is 3.86. The standard InChI is InChI=1S/C48H28O3/c49-32-17-15-28-25-45-41(24-31(28)21-32)40-22-30(16-20-44(40)51-45)47-37-11-5-6-12-38(37)48(39-19-18-33(50)26-43(39)47)42-23-29-14-13-27-7-1-2-8-34(27)46(29)36-10-4-3-9-35(36)42/h1-26,49-50H/i1D,2D,3D,4D,5D,6D,7D,8D,9D,10D,11D,12D,13D,14D,15D,16D,17D,18D,19D,20D,21D,22D,23D,24D,25D,26D. The van der Waals surface area contributed by atoms with Gasteiger partial charge >= 0.3 is 0 Å². The minimum Gasteiger partial charge on any atom is -0.508 e. The first-order chi connectivity index (χ1) is 36.0. The topological polar surface area (TPSA) is 53.6 Å². The van der Waals surface area contributed by atoms with E-state index in [1.807, 2.05) is 0 Å². The highest BCUT2D eigenvalue weighted by Crippen LogP contribution is 2.48. The van der Waals surface area contributed by atoms with Gasteiger partial charge < -0.3 is 14.6 Å². The molecule has 10 aromatic carbocycles. The van der Waals surface area contributed by atoms with Crippen molar-refractivity contribution in [3.63, 3.8) is 0 Å². The van der Waals surface area contributed by atoms with Crippen LogP contribution >= 0.6 is 0 Å². The van der Waals surface area contributed by atoms with E-state index in [-0.39, 0.29) is 0 Å². The van der Waals surface area contributed by atoms with Gasteiger partial charge in [0.05, 0.1) is 35.6 Å². The Morgan fingerprint density at radius 3 is 1.88 bits per heavy atom. The summed E-state index contributed by atoms with van der Waals surface area (Å²) < 4.78 is 243. The average molecular weight is 679 g/mol. The van der Waals surface area contributed by atoms with E-state index in [2.05, 4.69) is 0 Å². The quantitative estimate of drug-likeness (QED) is 0.141. The van der Waals surface area contributed by atoms with Crippen molar-refractivity contribution < 1.29 is 50.3 Å². The molecule has 11 rings (SSSR count). The zero-order valence-electron chi connectivity index (χ0n) is 51.3. The lowest BCUT2D eigenvalue weighted by Crippen LogP contribution is -1.92. The van der Waals surface area contributed by atoms with Gasteiger partial charge in [0.1, 0.15) is 22.7 Å². The van der Waals surface area contributed by atoms with Gasteiger partial charge in [-0.25, -0.2) is 0 Å². The Balaban J connectivity index is 1.48. The third-order valence-electron chi connectivity index (χ3n) is 8.67. The Morgan fingerprint density at radius 2 is 1.02 bits per heavy atom. The lowest BCUT2D eigenvalue weighted by atomic mass is 9.83. The molecule has 0 amide bonds. The molecule has 0 saturated carbocycles. The van der Waals surface area contributed by atoms with Gasteiger partial charge in [0.25, 0.3) is 0 Å². The van der Waals surface area contributed by atoms with Gasteiger partial charge in [-0.2, -0.15) is 0 Å². The van der Waals surface area contributed by atoms with Crippen LogP contribution in [-0.4, -0.2) is 10.2 Å². The maximum atomic E-state index is 11.6. The summed E-state index contributed by atoms with van der Waals surface area (Å²) in [5.41, 5.74) is -4.41. The van der Waals surface area contributed by atoms with Crippen LogP contribution in [0.15, 0.2) is 162 Å². The van der Waals surface area contributed by atoms with Crippen molar-refractivity contribution in [2.45, 2.75) is 0 Å². The number of phenolic OH excluding ortho intramolecular Hbond substituents is 2. The van der Waals surface area contributed by atoms with E-state index in [1.165, 1.54) is 0 Å². The Hall–Kier alpha value is -6.84. The number of hydrogen-bond acceptors (Lipinski definition) is 3. The summed E-state index contributed by atoms with van der Waals surface area (Å²) in [4.78, 5) is 0. The summed E-state index contributed by atoms with van der Waals surface area (Å²) in [6.45, 7) is 0. The largest absolute Gasteiger partial charge is 0.508 e. The van der Waals surface area contributed by atoms with Gasteiger partial charge in [-0.1, -0.05) is 103 Å². The molecule has 3 nitrogen and oxygen atoms in total. The molecule has 1 heterocycles. The van der Waals surface area contributed by atoms with Gasteiger partial charge in [-0.3, -0.25) is 0 Å². The van der Waals surface area contributed by atoms with E-state index in [1.54, 1.807) is 0 Å². The van der Waals surface area contributed by atoms with Crippen LogP contribution in [0.3, 0.4) is 0 Å². The fourth-order valence-electron chi connectivity index (χ4n) is 6.59. The van der Waals surface area contributed by atoms with Crippen molar-refractivity contribution in [1.82, 2.24) is 0 Å². The van der Waals surface area contributed by atoms with E-state index in [0.717, 1.165) is 0 Å². The van der Waals surface area contributed by atoms with Crippen LogP contribution in [0, 0.1) is 0 Å². The second kappa shape index (κ2) is 10.3. The smallest absolute Gasteiger partial charge is 0.136 e. The van der Waals surface area contributed by atoms with Crippen LogP contribution in [0.1, 0.15) is 35.6 Å². The van der Waals surface area contributed by atoms with Crippen LogP contribution in [0.5, 0.6) is 11.5 Å². The Morgan fingerprint density at radius 1 is 0.373 bits per heavy atom. The molecule has 0 aliphatic heterocycles. The van der Waals surface area contributed by atoms with Gasteiger partial charge in [-0.15, -0.1) is 0 Å². The number of furan rings is 1. The fourth-order valence-corrected chi connectivity index (χ4v) is 6.59. The van der Waals surface area contributed by atoms with Crippen molar-refractivity contribution in [2.24, 2.45) is 0 Å². The van der Waals surface area contributed by atoms with Crippen molar-refractivity contribution in [3.8, 4) is 33.8 Å². The van der Waals surface area contributed by atoms with Gasteiger partial charge in [-0.05, 0) is 141 Å². The maximum Gasteiger partial charge on any atom is 0.136 e. The summed E-state index contributed by atoms with van der Waals surface area (Å²) in [5, 5.41) is 13.2. The molecule has 11 aromatic rings. The molecule has 0 radical (unpaired) electrons. The van der Waals surface area contributed by atoms with Gasteiger partial charge in [0, 0.05) is 10.8 Å². The first-order valence-electron chi connectivity index (χ1n) is 28.1. The van der Waals surface area contributed by atoms with E-state index in [0.29, 0.717) is 0 Å². The van der Waals surface area contributed by atoms with E-state index in [9.17, 15) is 26.7 Å². The summed E-state index contributed by atoms with van der Waals surface area (Å²) in [6, 6.07) is -24.4. The number of aromatic hydroxyl groups is 2. The predicted octanol–water partition coefficient (Wildman–Crippen LogP) is 13.3. The second-order valence-electron chi connectivity index (χ2n) is 11.5. The molecule has 0 aliphatic carbocycles. The summed E-state index contributed by atoms with van der Waals surface area (Å²) in [5.74, 6) is -2.30.